The fourth-order valence-corrected chi connectivity index (χ4v) is 16.1. The second-order valence-electron chi connectivity index (χ2n) is 30.6. The second-order valence-corrected chi connectivity index (χ2v) is 33.3. The van der Waals surface area contributed by atoms with Gasteiger partial charge in [0.1, 0.15) is 6.61 Å². The molecule has 1 rings (SSSR count). The summed E-state index contributed by atoms with van der Waals surface area (Å²) < 4.78 is 5.77. The van der Waals surface area contributed by atoms with Crippen LogP contribution in [0.4, 0.5) is 0 Å². The number of aliphatic hydroxyl groups is 4. The predicted molar refractivity (Wildman–Crippen MR) is 443 cm³/mol. The maximum atomic E-state index is 12.9. The molecule has 0 aromatic rings. The van der Waals surface area contributed by atoms with Crippen LogP contribution in [0.3, 0.4) is 0 Å². The van der Waals surface area contributed by atoms with Crippen molar-refractivity contribution in [3.63, 3.8) is 0 Å². The molecule has 1 heterocycles. The molecule has 1 saturated heterocycles. The quantitative estimate of drug-likeness (QED) is 0.0201. The molecule has 0 radical (unpaired) electrons. The first kappa shape index (κ1) is 96.8. The minimum atomic E-state index is -0.403. The molecule has 12 heteroatoms. The van der Waals surface area contributed by atoms with Crippen molar-refractivity contribution in [3.05, 3.63) is 48.6 Å². The van der Waals surface area contributed by atoms with Gasteiger partial charge in [0, 0.05) is 83.4 Å². The summed E-state index contributed by atoms with van der Waals surface area (Å²) in [4.78, 5) is 22.6. The lowest BCUT2D eigenvalue weighted by Crippen LogP contribution is -2.47. The lowest BCUT2D eigenvalue weighted by atomic mass is 10.1. The second kappa shape index (κ2) is 78.9. The van der Waals surface area contributed by atoms with E-state index in [1.807, 2.05) is 21.6 Å². The number of hydrogen-bond acceptors (Lipinski definition) is 12. The Morgan fingerprint density at radius 2 is 0.590 bits per heavy atom. The van der Waals surface area contributed by atoms with Crippen LogP contribution in [0, 0.1) is 0 Å². The van der Waals surface area contributed by atoms with E-state index in [0.717, 1.165) is 160 Å². The molecule has 4 atom stereocenters. The number of ether oxygens (including phenoxy) is 1. The highest BCUT2D eigenvalue weighted by atomic mass is 33.1. The molecule has 590 valence electrons. The van der Waals surface area contributed by atoms with E-state index >= 15 is 0 Å². The van der Waals surface area contributed by atoms with Crippen LogP contribution >= 0.6 is 21.6 Å². The van der Waals surface area contributed by atoms with Crippen molar-refractivity contribution in [2.45, 2.75) is 412 Å². The molecule has 0 bridgehead atoms. The van der Waals surface area contributed by atoms with Gasteiger partial charge in [0.15, 0.2) is 0 Å². The van der Waals surface area contributed by atoms with Gasteiger partial charge in [-0.1, -0.05) is 303 Å². The van der Waals surface area contributed by atoms with Gasteiger partial charge in [0.2, 0.25) is 0 Å². The molecule has 10 nitrogen and oxygen atoms in total. The number of unbranched alkanes of at least 4 members (excludes halogenated alkanes) is 41. The molecule has 100 heavy (non-hydrogen) atoms. The fourth-order valence-electron chi connectivity index (χ4n) is 14.0. The molecular weight excluding hydrogens is 1270 g/mol. The zero-order chi connectivity index (χ0) is 72.2. The molecule has 1 aliphatic heterocycles. The Balaban J connectivity index is 2.45. The van der Waals surface area contributed by atoms with Gasteiger partial charge < -0.3 is 25.2 Å². The third-order valence-corrected chi connectivity index (χ3v) is 23.1. The normalized spacial score (nSPS) is 14.8. The Morgan fingerprint density at radius 1 is 0.330 bits per heavy atom. The van der Waals surface area contributed by atoms with E-state index in [1.54, 1.807) is 0 Å². The van der Waals surface area contributed by atoms with Crippen molar-refractivity contribution in [1.82, 2.24) is 19.6 Å². The number of rotatable bonds is 80. The summed E-state index contributed by atoms with van der Waals surface area (Å²) in [5.41, 5.74) is 0. The molecule has 0 amide bonds. The summed E-state index contributed by atoms with van der Waals surface area (Å²) in [7, 11) is 3.95. The van der Waals surface area contributed by atoms with Crippen LogP contribution in [0.1, 0.15) is 387 Å². The van der Waals surface area contributed by atoms with Gasteiger partial charge in [-0.3, -0.25) is 24.4 Å². The maximum Gasteiger partial charge on any atom is 0.305 e. The Bertz CT molecular complexity index is 1680. The summed E-state index contributed by atoms with van der Waals surface area (Å²) in [6, 6.07) is 0. The maximum absolute atomic E-state index is 12.9. The van der Waals surface area contributed by atoms with Gasteiger partial charge in [0.05, 0.1) is 24.4 Å². The number of aliphatic hydroxyl groups excluding tert-OH is 4. The summed E-state index contributed by atoms with van der Waals surface area (Å²) in [6.07, 6.45) is 84.8. The number of carbonyl (C=O) groups excluding carboxylic acids is 1. The first-order chi connectivity index (χ1) is 49.2. The summed E-state index contributed by atoms with van der Waals surface area (Å²) in [5.74, 6) is 2.05. The van der Waals surface area contributed by atoms with Gasteiger partial charge >= 0.3 is 5.97 Å². The van der Waals surface area contributed by atoms with Crippen LogP contribution in [0.25, 0.3) is 0 Å². The first-order valence-electron chi connectivity index (χ1n) is 43.8. The Morgan fingerprint density at radius 3 is 0.900 bits per heavy atom. The Hall–Kier alpha value is -1.19. The number of piperazine rings is 1. The van der Waals surface area contributed by atoms with Gasteiger partial charge in [-0.2, -0.15) is 0 Å². The molecule has 0 aromatic carbocycles. The lowest BCUT2D eigenvalue weighted by Gasteiger charge is -2.34. The number of allylic oxidation sites excluding steroid dienone is 8. The average Bonchev–Trinajstić information content (AvgIpc) is 1.19. The van der Waals surface area contributed by atoms with Crippen LogP contribution in [0.5, 0.6) is 0 Å². The van der Waals surface area contributed by atoms with Crippen LogP contribution in [0.2, 0.25) is 0 Å². The van der Waals surface area contributed by atoms with Gasteiger partial charge in [-0.15, -0.1) is 0 Å². The highest BCUT2D eigenvalue weighted by molar-refractivity contribution is 8.76. The van der Waals surface area contributed by atoms with E-state index in [1.165, 1.54) is 257 Å². The minimum Gasteiger partial charge on any atom is -0.464 e. The van der Waals surface area contributed by atoms with Crippen molar-refractivity contribution in [2.75, 3.05) is 96.6 Å². The van der Waals surface area contributed by atoms with Gasteiger partial charge in [-0.25, -0.2) is 0 Å². The number of hydrogen-bond donors (Lipinski definition) is 4. The van der Waals surface area contributed by atoms with E-state index < -0.39 is 12.2 Å². The highest BCUT2D eigenvalue weighted by Gasteiger charge is 2.20. The molecule has 1 aliphatic rings. The lowest BCUT2D eigenvalue weighted by molar-refractivity contribution is -0.144. The Kier molecular flexibility index (Phi) is 76.4. The molecular formula is C88H170N4O6S2. The van der Waals surface area contributed by atoms with Crippen LogP contribution in [-0.4, -0.2) is 167 Å². The highest BCUT2D eigenvalue weighted by Crippen LogP contribution is 2.24. The zero-order valence-electron chi connectivity index (χ0n) is 66.8. The molecule has 0 aromatic heterocycles. The first-order valence-corrected chi connectivity index (χ1v) is 46.3. The standard InChI is InChI=1S/C88H170N4O6S2/c1-5-9-13-17-21-25-29-33-37-41-45-49-53-57-64-84(93)80-91(81-85(94)65-58-54-50-46-42-38-34-30-26-22-18-14-10-6-2)69-62-61-68-88(97)98-77-75-89-71-73-90(74-72-89)76-79-100-99-78-63-70-92(82-86(95)66-59-55-51-47-43-39-35-31-27-23-19-15-11-7-3)83-87(96)67-60-56-52-48-44-40-36-32-28-24-20-16-12-8-4/h33-40,84-87,93-96H,5-32,41-83H2,1-4H3/b37-33-,38-34-,39-35-,40-36-. The monoisotopic (exact) mass is 1440 g/mol. The number of nitrogens with zero attached hydrogens (tertiary/aromatic N) is 4. The van der Waals surface area contributed by atoms with Crippen molar-refractivity contribution >= 4 is 27.6 Å². The fraction of sp³-hybridized carbons (Fsp3) is 0.898. The largest absolute Gasteiger partial charge is 0.464 e. The minimum absolute atomic E-state index is 0.119. The molecule has 0 spiro atoms. The molecule has 4 N–H and O–H groups in total. The third kappa shape index (κ3) is 71.1. The smallest absolute Gasteiger partial charge is 0.305 e. The SMILES string of the molecule is CCCCCCCC/C=C\CCCCCCC(O)CN(CCCCC(=O)OCCN1CCN(CCSSCCCN(CC(O)CCCCCC/C=C\CCCCCCCC)CC(O)CCCCCC/C=C\CCCCCCCC)CC1)CC(O)CCCCCC/C=C\CCCCCCCC. The van der Waals surface area contributed by atoms with Crippen molar-refractivity contribution in [1.29, 1.82) is 0 Å². The molecule has 1 fully saturated rings. The van der Waals surface area contributed by atoms with E-state index in [2.05, 4.69) is 95.9 Å². The van der Waals surface area contributed by atoms with E-state index in [-0.39, 0.29) is 18.2 Å². The molecule has 4 unspecified atom stereocenters. The summed E-state index contributed by atoms with van der Waals surface area (Å²) >= 11 is 0. The average molecular weight is 1440 g/mol. The predicted octanol–water partition coefficient (Wildman–Crippen LogP) is 23.7. The van der Waals surface area contributed by atoms with Gasteiger partial charge in [-0.05, 0) is 161 Å². The molecule has 0 saturated carbocycles. The van der Waals surface area contributed by atoms with E-state index in [0.29, 0.717) is 39.2 Å². The number of esters is 1. The molecule has 0 aliphatic carbocycles. The Labute approximate surface area is 630 Å². The van der Waals surface area contributed by atoms with Crippen LogP contribution < -0.4 is 0 Å². The van der Waals surface area contributed by atoms with Crippen LogP contribution in [0.15, 0.2) is 48.6 Å². The van der Waals surface area contributed by atoms with E-state index in [9.17, 15) is 25.2 Å². The summed E-state index contributed by atoms with van der Waals surface area (Å²) in [6.45, 7) is 19.7. The van der Waals surface area contributed by atoms with E-state index in [4.69, 9.17) is 4.74 Å². The van der Waals surface area contributed by atoms with Crippen molar-refractivity contribution in [3.8, 4) is 0 Å². The van der Waals surface area contributed by atoms with Gasteiger partial charge in [0.25, 0.3) is 0 Å². The summed E-state index contributed by atoms with van der Waals surface area (Å²) in [5, 5.41) is 44.8. The van der Waals surface area contributed by atoms with Crippen molar-refractivity contribution < 1.29 is 30.0 Å². The third-order valence-electron chi connectivity index (χ3n) is 20.6. The van der Waals surface area contributed by atoms with Crippen molar-refractivity contribution in [2.24, 2.45) is 0 Å². The number of carbonyl (C=O) groups is 1. The topological polar surface area (TPSA) is 120 Å². The van der Waals surface area contributed by atoms with Crippen LogP contribution in [-0.2, 0) is 9.53 Å². The zero-order valence-corrected chi connectivity index (χ0v) is 68.5.